The molecule has 6 heteroatoms. The fourth-order valence-electron chi connectivity index (χ4n) is 1.63. The molecule has 16 heavy (non-hydrogen) atoms. The zero-order valence-corrected chi connectivity index (χ0v) is 10.8. The van der Waals surface area contributed by atoms with Crippen LogP contribution in [0, 0.1) is 5.92 Å². The molecule has 0 spiro atoms. The topological polar surface area (TPSA) is 72.5 Å². The van der Waals surface area contributed by atoms with Crippen LogP contribution in [0.25, 0.3) is 0 Å². The van der Waals surface area contributed by atoms with E-state index in [1.807, 2.05) is 13.8 Å². The second-order valence-corrected chi connectivity index (χ2v) is 7.20. The van der Waals surface area contributed by atoms with E-state index in [1.165, 1.54) is 0 Å². The first-order valence-electron chi connectivity index (χ1n) is 5.38. The quantitative estimate of drug-likeness (QED) is 0.808. The number of carbonyl (C=O) groups is 1. The lowest BCUT2D eigenvalue weighted by Gasteiger charge is -2.23. The molecule has 0 radical (unpaired) electrons. The Hall–Kier alpha value is -0.780. The molecule has 1 heterocycles. The molecule has 94 valence electrons. The number of hydrogen-bond donors (Lipinski definition) is 1. The highest BCUT2D eigenvalue weighted by molar-refractivity contribution is 7.91. The first-order chi connectivity index (χ1) is 7.22. The molecule has 1 rings (SSSR count). The Kier molecular flexibility index (Phi) is 3.83. The van der Waals surface area contributed by atoms with Crippen LogP contribution in [0.15, 0.2) is 0 Å². The van der Waals surface area contributed by atoms with Gasteiger partial charge in [-0.15, -0.1) is 0 Å². The van der Waals surface area contributed by atoms with Crippen molar-refractivity contribution in [2.75, 3.05) is 18.1 Å². The predicted octanol–water partition coefficient (Wildman–Crippen LogP) is 0.946. The normalized spacial score (nSPS) is 28.0. The third-order valence-corrected chi connectivity index (χ3v) is 4.36. The van der Waals surface area contributed by atoms with Gasteiger partial charge in [0.1, 0.15) is 0 Å². The third-order valence-electron chi connectivity index (χ3n) is 2.45. The SMILES string of the molecule is CC(C)COC(=O)N[C@@]1(C)CCS(=O)(=O)C1. The Labute approximate surface area is 96.5 Å². The van der Waals surface area contributed by atoms with Gasteiger partial charge in [0.2, 0.25) is 0 Å². The fraction of sp³-hybridized carbons (Fsp3) is 0.900. The van der Waals surface area contributed by atoms with Gasteiger partial charge in [-0.2, -0.15) is 0 Å². The molecule has 1 fully saturated rings. The summed E-state index contributed by atoms with van der Waals surface area (Å²) in [5.74, 6) is 0.399. The monoisotopic (exact) mass is 249 g/mol. The van der Waals surface area contributed by atoms with E-state index >= 15 is 0 Å². The van der Waals surface area contributed by atoms with Crippen molar-refractivity contribution in [1.82, 2.24) is 5.32 Å². The summed E-state index contributed by atoms with van der Waals surface area (Å²) >= 11 is 0. The van der Waals surface area contributed by atoms with Gasteiger partial charge in [0.15, 0.2) is 9.84 Å². The van der Waals surface area contributed by atoms with Crippen molar-refractivity contribution in [2.45, 2.75) is 32.7 Å². The van der Waals surface area contributed by atoms with Gasteiger partial charge < -0.3 is 10.1 Å². The fourth-order valence-corrected chi connectivity index (χ4v) is 3.73. The number of carbonyl (C=O) groups excluding carboxylic acids is 1. The molecule has 1 atom stereocenters. The van der Waals surface area contributed by atoms with Crippen LogP contribution >= 0.6 is 0 Å². The lowest BCUT2D eigenvalue weighted by Crippen LogP contribution is -2.47. The van der Waals surface area contributed by atoms with Gasteiger partial charge >= 0.3 is 6.09 Å². The largest absolute Gasteiger partial charge is 0.449 e. The van der Waals surface area contributed by atoms with Gasteiger partial charge in [0, 0.05) is 0 Å². The molecule has 1 amide bonds. The van der Waals surface area contributed by atoms with Crippen molar-refractivity contribution in [1.29, 1.82) is 0 Å². The minimum Gasteiger partial charge on any atom is -0.449 e. The summed E-state index contributed by atoms with van der Waals surface area (Å²) in [4.78, 5) is 11.4. The van der Waals surface area contributed by atoms with E-state index in [0.717, 1.165) is 0 Å². The summed E-state index contributed by atoms with van der Waals surface area (Å²) in [5, 5.41) is 2.63. The molecule has 1 N–H and O–H groups in total. The molecular weight excluding hydrogens is 230 g/mol. The highest BCUT2D eigenvalue weighted by Gasteiger charge is 2.39. The maximum absolute atomic E-state index is 11.4. The molecule has 0 aromatic rings. The molecule has 0 aromatic carbocycles. The number of sulfone groups is 1. The summed E-state index contributed by atoms with van der Waals surface area (Å²) in [6, 6.07) is 0. The second-order valence-electron chi connectivity index (χ2n) is 5.02. The smallest absolute Gasteiger partial charge is 0.407 e. The van der Waals surface area contributed by atoms with Crippen molar-refractivity contribution in [3.8, 4) is 0 Å². The molecule has 0 bridgehead atoms. The van der Waals surface area contributed by atoms with E-state index in [-0.39, 0.29) is 17.4 Å². The van der Waals surface area contributed by atoms with Crippen molar-refractivity contribution >= 4 is 15.9 Å². The zero-order valence-electron chi connectivity index (χ0n) is 9.95. The Morgan fingerprint density at radius 2 is 2.12 bits per heavy atom. The molecule has 5 nitrogen and oxygen atoms in total. The predicted molar refractivity (Wildman–Crippen MR) is 61.0 cm³/mol. The number of nitrogens with one attached hydrogen (secondary N) is 1. The standard InChI is InChI=1S/C10H19NO4S/c1-8(2)6-15-9(12)11-10(3)4-5-16(13,14)7-10/h8H,4-7H2,1-3H3,(H,11,12)/t10-/m0/s1. The van der Waals surface area contributed by atoms with Crippen molar-refractivity contribution < 1.29 is 17.9 Å². The number of rotatable bonds is 3. The van der Waals surface area contributed by atoms with Gasteiger partial charge in [-0.25, -0.2) is 13.2 Å². The Bertz CT molecular complexity index is 363. The maximum Gasteiger partial charge on any atom is 0.407 e. The first kappa shape index (κ1) is 13.3. The minimum atomic E-state index is -3.00. The van der Waals surface area contributed by atoms with Crippen LogP contribution in [-0.2, 0) is 14.6 Å². The van der Waals surface area contributed by atoms with Crippen LogP contribution in [-0.4, -0.2) is 38.2 Å². The first-order valence-corrected chi connectivity index (χ1v) is 7.20. The highest BCUT2D eigenvalue weighted by atomic mass is 32.2. The molecule has 1 aliphatic rings. The third kappa shape index (κ3) is 4.00. The van der Waals surface area contributed by atoms with Crippen molar-refractivity contribution in [3.05, 3.63) is 0 Å². The second kappa shape index (κ2) is 4.61. The van der Waals surface area contributed by atoms with Crippen LogP contribution in [0.5, 0.6) is 0 Å². The van der Waals surface area contributed by atoms with Crippen LogP contribution < -0.4 is 5.32 Å². The van der Waals surface area contributed by atoms with Gasteiger partial charge in [0.05, 0.1) is 23.7 Å². The number of hydrogen-bond acceptors (Lipinski definition) is 4. The van der Waals surface area contributed by atoms with Crippen LogP contribution in [0.2, 0.25) is 0 Å². The van der Waals surface area contributed by atoms with Crippen LogP contribution in [0.4, 0.5) is 4.79 Å². The summed E-state index contributed by atoms with van der Waals surface area (Å²) in [7, 11) is -3.00. The maximum atomic E-state index is 11.4. The van der Waals surface area contributed by atoms with Crippen molar-refractivity contribution in [3.63, 3.8) is 0 Å². The van der Waals surface area contributed by atoms with Gasteiger partial charge in [-0.1, -0.05) is 13.8 Å². The molecule has 1 aliphatic heterocycles. The highest BCUT2D eigenvalue weighted by Crippen LogP contribution is 2.22. The van der Waals surface area contributed by atoms with Crippen molar-refractivity contribution in [2.24, 2.45) is 5.92 Å². The van der Waals surface area contributed by atoms with Crippen LogP contribution in [0.1, 0.15) is 27.2 Å². The van der Waals surface area contributed by atoms with E-state index in [1.54, 1.807) is 6.92 Å². The van der Waals surface area contributed by atoms with Gasteiger partial charge in [0.25, 0.3) is 0 Å². The van der Waals surface area contributed by atoms with Gasteiger partial charge in [-0.3, -0.25) is 0 Å². The molecule has 1 saturated heterocycles. The Morgan fingerprint density at radius 1 is 1.50 bits per heavy atom. The lowest BCUT2D eigenvalue weighted by molar-refractivity contribution is 0.124. The lowest BCUT2D eigenvalue weighted by atomic mass is 10.0. The Balaban J connectivity index is 2.45. The minimum absolute atomic E-state index is 0.00320. The van der Waals surface area contributed by atoms with Gasteiger partial charge in [-0.05, 0) is 19.3 Å². The van der Waals surface area contributed by atoms with E-state index in [4.69, 9.17) is 4.74 Å². The Morgan fingerprint density at radius 3 is 2.56 bits per heavy atom. The molecule has 0 aromatic heterocycles. The molecule has 0 aliphatic carbocycles. The van der Waals surface area contributed by atoms with Crippen LogP contribution in [0.3, 0.4) is 0 Å². The molecule has 0 unspecified atom stereocenters. The number of amides is 1. The zero-order chi connectivity index (χ0) is 12.4. The summed E-state index contributed by atoms with van der Waals surface area (Å²) < 4.78 is 27.6. The summed E-state index contributed by atoms with van der Waals surface area (Å²) in [6.45, 7) is 5.95. The average Bonchev–Trinajstić information content (AvgIpc) is 2.37. The molecule has 0 saturated carbocycles. The molecular formula is C10H19NO4S. The summed E-state index contributed by atoms with van der Waals surface area (Å²) in [6.07, 6.45) is -0.0835. The summed E-state index contributed by atoms with van der Waals surface area (Å²) in [5.41, 5.74) is -0.674. The average molecular weight is 249 g/mol. The van der Waals surface area contributed by atoms with E-state index in [9.17, 15) is 13.2 Å². The van der Waals surface area contributed by atoms with E-state index in [2.05, 4.69) is 5.32 Å². The number of alkyl carbamates (subject to hydrolysis) is 1. The van der Waals surface area contributed by atoms with E-state index < -0.39 is 21.5 Å². The number of ether oxygens (including phenoxy) is 1. The van der Waals surface area contributed by atoms with E-state index in [0.29, 0.717) is 13.0 Å².